The quantitative estimate of drug-likeness (QED) is 0.364. The summed E-state index contributed by atoms with van der Waals surface area (Å²) in [5, 5.41) is 3.38. The zero-order valence-corrected chi connectivity index (χ0v) is 6.66. The van der Waals surface area contributed by atoms with Gasteiger partial charge in [-0.25, -0.2) is 0 Å². The van der Waals surface area contributed by atoms with Gasteiger partial charge in [0.05, 0.1) is 3.55 Å². The molecule has 0 aromatic carbocycles. The van der Waals surface area contributed by atoms with Crippen LogP contribution in [0.4, 0.5) is 0 Å². The summed E-state index contributed by atoms with van der Waals surface area (Å²) in [6, 6.07) is 0. The molecule has 0 bridgehead atoms. The predicted molar refractivity (Wildman–Crippen MR) is 39.7 cm³/mol. The van der Waals surface area contributed by atoms with Gasteiger partial charge in [0.1, 0.15) is 0 Å². The Hall–Kier alpha value is 0.690. The Kier molecular flexibility index (Phi) is 1.58. The summed E-state index contributed by atoms with van der Waals surface area (Å²) in [6.07, 6.45) is 2.67. The molecule has 0 aliphatic carbocycles. The number of alkyl halides is 1. The molecule has 2 heteroatoms. The van der Waals surface area contributed by atoms with Crippen LogP contribution in [-0.2, 0) is 0 Å². The molecule has 1 heterocycles. The molecular formula is C5H10IN. The molecule has 1 aliphatic rings. The SMILES string of the molecule is CC1(I)CCCN1. The zero-order valence-electron chi connectivity index (χ0n) is 4.50. The lowest BCUT2D eigenvalue weighted by Crippen LogP contribution is -2.27. The third-order valence-corrected chi connectivity index (χ3v) is 2.24. The van der Waals surface area contributed by atoms with Crippen molar-refractivity contribution in [3.63, 3.8) is 0 Å². The van der Waals surface area contributed by atoms with E-state index < -0.39 is 0 Å². The molecule has 0 amide bonds. The third kappa shape index (κ3) is 1.57. The fourth-order valence-electron chi connectivity index (χ4n) is 0.858. The molecule has 0 aromatic heterocycles. The van der Waals surface area contributed by atoms with Gasteiger partial charge in [0, 0.05) is 0 Å². The van der Waals surface area contributed by atoms with E-state index in [9.17, 15) is 0 Å². The highest BCUT2D eigenvalue weighted by Crippen LogP contribution is 2.24. The van der Waals surface area contributed by atoms with Gasteiger partial charge in [0.15, 0.2) is 0 Å². The normalized spacial score (nSPS) is 42.0. The second kappa shape index (κ2) is 1.90. The summed E-state index contributed by atoms with van der Waals surface area (Å²) in [5.74, 6) is 0. The minimum atomic E-state index is 0.414. The maximum atomic E-state index is 3.38. The lowest BCUT2D eigenvalue weighted by Gasteiger charge is -2.13. The largest absolute Gasteiger partial charge is 0.303 e. The van der Waals surface area contributed by atoms with Gasteiger partial charge in [0.25, 0.3) is 0 Å². The van der Waals surface area contributed by atoms with Gasteiger partial charge in [0.2, 0.25) is 0 Å². The Morgan fingerprint density at radius 2 is 2.43 bits per heavy atom. The first-order valence-corrected chi connectivity index (χ1v) is 3.72. The highest BCUT2D eigenvalue weighted by molar-refractivity contribution is 14.1. The van der Waals surface area contributed by atoms with Crippen LogP contribution in [0, 0.1) is 0 Å². The van der Waals surface area contributed by atoms with E-state index in [0.29, 0.717) is 3.55 Å². The average Bonchev–Trinajstić information content (AvgIpc) is 1.84. The van der Waals surface area contributed by atoms with E-state index in [4.69, 9.17) is 0 Å². The van der Waals surface area contributed by atoms with Crippen LogP contribution in [0.1, 0.15) is 19.8 Å². The molecule has 1 aliphatic heterocycles. The molecule has 0 aromatic rings. The molecule has 1 saturated heterocycles. The zero-order chi connectivity index (χ0) is 5.33. The Labute approximate surface area is 58.0 Å². The van der Waals surface area contributed by atoms with E-state index in [1.54, 1.807) is 0 Å². The molecule has 1 fully saturated rings. The number of nitrogens with one attached hydrogen (secondary N) is 1. The van der Waals surface area contributed by atoms with Crippen molar-refractivity contribution in [3.05, 3.63) is 0 Å². The van der Waals surface area contributed by atoms with Crippen molar-refractivity contribution in [1.82, 2.24) is 5.32 Å². The minimum Gasteiger partial charge on any atom is -0.303 e. The second-order valence-corrected chi connectivity index (χ2v) is 4.61. The summed E-state index contributed by atoms with van der Waals surface area (Å²) in [6.45, 7) is 3.44. The van der Waals surface area contributed by atoms with Crippen LogP contribution < -0.4 is 5.32 Å². The Morgan fingerprint density at radius 1 is 1.71 bits per heavy atom. The first-order valence-electron chi connectivity index (χ1n) is 2.65. The van der Waals surface area contributed by atoms with E-state index in [1.807, 2.05) is 0 Å². The van der Waals surface area contributed by atoms with Crippen molar-refractivity contribution in [2.75, 3.05) is 6.54 Å². The molecule has 1 rings (SSSR count). The van der Waals surface area contributed by atoms with Gasteiger partial charge in [-0.05, 0) is 26.3 Å². The molecule has 7 heavy (non-hydrogen) atoms. The standard InChI is InChI=1S/C5H10IN/c1-5(6)3-2-4-7-5/h7H,2-4H2,1H3. The van der Waals surface area contributed by atoms with Crippen LogP contribution >= 0.6 is 22.6 Å². The van der Waals surface area contributed by atoms with Crippen LogP contribution in [-0.4, -0.2) is 10.1 Å². The monoisotopic (exact) mass is 211 g/mol. The van der Waals surface area contributed by atoms with Gasteiger partial charge in [-0.2, -0.15) is 0 Å². The summed E-state index contributed by atoms with van der Waals surface area (Å²) in [5.41, 5.74) is 0. The van der Waals surface area contributed by atoms with Gasteiger partial charge >= 0.3 is 0 Å². The van der Waals surface area contributed by atoms with Crippen LogP contribution in [0.5, 0.6) is 0 Å². The van der Waals surface area contributed by atoms with Crippen molar-refractivity contribution < 1.29 is 0 Å². The van der Waals surface area contributed by atoms with E-state index in [0.717, 1.165) is 0 Å². The highest BCUT2D eigenvalue weighted by Gasteiger charge is 2.22. The lowest BCUT2D eigenvalue weighted by molar-refractivity contribution is 0.636. The maximum Gasteiger partial charge on any atom is 0.0677 e. The number of hydrogen-bond donors (Lipinski definition) is 1. The molecule has 1 atom stereocenters. The van der Waals surface area contributed by atoms with Crippen LogP contribution in [0.3, 0.4) is 0 Å². The Bertz CT molecular complexity index is 62.5. The van der Waals surface area contributed by atoms with Crippen molar-refractivity contribution in [1.29, 1.82) is 0 Å². The van der Waals surface area contributed by atoms with Crippen molar-refractivity contribution in [2.24, 2.45) is 0 Å². The second-order valence-electron chi connectivity index (χ2n) is 2.23. The predicted octanol–water partition coefficient (Wildman–Crippen LogP) is 1.52. The molecular weight excluding hydrogens is 201 g/mol. The van der Waals surface area contributed by atoms with Gasteiger partial charge in [-0.3, -0.25) is 0 Å². The minimum absolute atomic E-state index is 0.414. The molecule has 0 spiro atoms. The van der Waals surface area contributed by atoms with E-state index in [2.05, 4.69) is 34.8 Å². The molecule has 0 saturated carbocycles. The van der Waals surface area contributed by atoms with E-state index >= 15 is 0 Å². The van der Waals surface area contributed by atoms with Gasteiger partial charge in [-0.15, -0.1) is 0 Å². The Morgan fingerprint density at radius 3 is 2.57 bits per heavy atom. The highest BCUT2D eigenvalue weighted by atomic mass is 127. The van der Waals surface area contributed by atoms with Gasteiger partial charge < -0.3 is 5.32 Å². The Balaban J connectivity index is 2.40. The van der Waals surface area contributed by atoms with Crippen LogP contribution in [0.25, 0.3) is 0 Å². The molecule has 1 nitrogen and oxygen atoms in total. The third-order valence-electron chi connectivity index (χ3n) is 1.32. The number of rotatable bonds is 0. The lowest BCUT2D eigenvalue weighted by atomic mass is 10.3. The van der Waals surface area contributed by atoms with Gasteiger partial charge in [-0.1, -0.05) is 22.6 Å². The first-order chi connectivity index (χ1) is 3.21. The van der Waals surface area contributed by atoms with E-state index in [1.165, 1.54) is 19.4 Å². The molecule has 1 N–H and O–H groups in total. The smallest absolute Gasteiger partial charge is 0.0677 e. The summed E-state index contributed by atoms with van der Waals surface area (Å²) in [7, 11) is 0. The molecule has 0 radical (unpaired) electrons. The fourth-order valence-corrected chi connectivity index (χ4v) is 1.51. The van der Waals surface area contributed by atoms with Crippen LogP contribution in [0.2, 0.25) is 0 Å². The van der Waals surface area contributed by atoms with Crippen molar-refractivity contribution >= 4 is 22.6 Å². The summed E-state index contributed by atoms with van der Waals surface area (Å²) in [4.78, 5) is 0. The van der Waals surface area contributed by atoms with E-state index in [-0.39, 0.29) is 0 Å². The summed E-state index contributed by atoms with van der Waals surface area (Å²) < 4.78 is 0.414. The van der Waals surface area contributed by atoms with Crippen molar-refractivity contribution in [2.45, 2.75) is 23.3 Å². The van der Waals surface area contributed by atoms with Crippen LogP contribution in [0.15, 0.2) is 0 Å². The fraction of sp³-hybridized carbons (Fsp3) is 1.00. The van der Waals surface area contributed by atoms with Crippen molar-refractivity contribution in [3.8, 4) is 0 Å². The average molecular weight is 211 g/mol. The topological polar surface area (TPSA) is 12.0 Å². The molecule has 1 unspecified atom stereocenters. The summed E-state index contributed by atoms with van der Waals surface area (Å²) >= 11 is 2.46. The maximum absolute atomic E-state index is 3.38. The molecule has 42 valence electrons. The first kappa shape index (κ1) is 5.82. The number of halogens is 1. The number of hydrogen-bond acceptors (Lipinski definition) is 1.